The highest BCUT2D eigenvalue weighted by atomic mass is 32.2. The molecule has 2 N–H and O–H groups in total. The third-order valence-corrected chi connectivity index (χ3v) is 6.66. The molecule has 0 spiro atoms. The fourth-order valence-corrected chi connectivity index (χ4v) is 4.74. The summed E-state index contributed by atoms with van der Waals surface area (Å²) in [4.78, 5) is 8.11. The number of nitrogens with one attached hydrogen (secondary N) is 2. The SMILES string of the molecule is Cn1cnc(S(=O)(=O)Nc2ccc(S(=O)(=O)NC3=NCCCCC3)cc2)c1. The summed E-state index contributed by atoms with van der Waals surface area (Å²) in [6, 6.07) is 5.47. The second kappa shape index (κ2) is 7.69. The van der Waals surface area contributed by atoms with Crippen LogP contribution in [0.25, 0.3) is 0 Å². The van der Waals surface area contributed by atoms with Crippen molar-refractivity contribution < 1.29 is 16.8 Å². The van der Waals surface area contributed by atoms with Crippen molar-refractivity contribution in [2.75, 3.05) is 11.3 Å². The van der Waals surface area contributed by atoms with Crippen LogP contribution in [0.3, 0.4) is 0 Å². The molecule has 27 heavy (non-hydrogen) atoms. The molecule has 2 heterocycles. The van der Waals surface area contributed by atoms with Gasteiger partial charge in [-0.3, -0.25) is 14.4 Å². The topological polar surface area (TPSA) is 123 Å². The molecule has 1 aliphatic heterocycles. The number of hydrogen-bond donors (Lipinski definition) is 2. The third kappa shape index (κ3) is 4.86. The number of anilines is 1. The first-order valence-corrected chi connectivity index (χ1v) is 11.4. The predicted octanol–water partition coefficient (Wildman–Crippen LogP) is 1.47. The average Bonchev–Trinajstić information content (AvgIpc) is 2.90. The van der Waals surface area contributed by atoms with Gasteiger partial charge in [0.25, 0.3) is 20.0 Å². The maximum Gasteiger partial charge on any atom is 0.280 e. The third-order valence-electron chi connectivity index (χ3n) is 4.00. The Balaban J connectivity index is 1.73. The highest BCUT2D eigenvalue weighted by Crippen LogP contribution is 2.18. The first-order valence-electron chi connectivity index (χ1n) is 8.43. The number of rotatable bonds is 5. The van der Waals surface area contributed by atoms with Gasteiger partial charge in [-0.15, -0.1) is 0 Å². The molecule has 3 rings (SSSR count). The predicted molar refractivity (Wildman–Crippen MR) is 102 cm³/mol. The molecule has 1 aromatic heterocycles. The highest BCUT2D eigenvalue weighted by molar-refractivity contribution is 7.92. The molecule has 2 aromatic rings. The number of aryl methyl sites for hydroxylation is 1. The van der Waals surface area contributed by atoms with Gasteiger partial charge in [-0.2, -0.15) is 8.42 Å². The lowest BCUT2D eigenvalue weighted by molar-refractivity contribution is 0.591. The Morgan fingerprint density at radius 3 is 2.37 bits per heavy atom. The van der Waals surface area contributed by atoms with E-state index in [0.717, 1.165) is 19.3 Å². The number of benzene rings is 1. The number of hydrogen-bond acceptors (Lipinski definition) is 6. The van der Waals surface area contributed by atoms with E-state index in [1.54, 1.807) is 7.05 Å². The van der Waals surface area contributed by atoms with Gasteiger partial charge < -0.3 is 4.57 Å². The van der Waals surface area contributed by atoms with Crippen LogP contribution in [0, 0.1) is 0 Å². The normalized spacial score (nSPS) is 15.7. The van der Waals surface area contributed by atoms with Crippen molar-refractivity contribution >= 4 is 31.6 Å². The largest absolute Gasteiger partial charge is 0.339 e. The van der Waals surface area contributed by atoms with Crippen molar-refractivity contribution in [1.82, 2.24) is 14.3 Å². The highest BCUT2D eigenvalue weighted by Gasteiger charge is 2.19. The monoisotopic (exact) mass is 411 g/mol. The van der Waals surface area contributed by atoms with E-state index < -0.39 is 20.0 Å². The zero-order valence-corrected chi connectivity index (χ0v) is 16.4. The van der Waals surface area contributed by atoms with E-state index in [1.165, 1.54) is 41.4 Å². The van der Waals surface area contributed by atoms with Crippen LogP contribution in [0.5, 0.6) is 0 Å². The number of sulfonamides is 2. The number of amidine groups is 1. The number of aliphatic imine (C=N–C) groups is 1. The molecule has 1 aromatic carbocycles. The van der Waals surface area contributed by atoms with E-state index in [-0.39, 0.29) is 15.6 Å². The van der Waals surface area contributed by atoms with Crippen molar-refractivity contribution in [2.24, 2.45) is 12.0 Å². The van der Waals surface area contributed by atoms with Crippen LogP contribution in [0.1, 0.15) is 25.7 Å². The van der Waals surface area contributed by atoms with Gasteiger partial charge in [-0.25, -0.2) is 13.4 Å². The zero-order valence-electron chi connectivity index (χ0n) is 14.8. The van der Waals surface area contributed by atoms with E-state index in [4.69, 9.17) is 0 Å². The molecular weight excluding hydrogens is 390 g/mol. The summed E-state index contributed by atoms with van der Waals surface area (Å²) in [5.41, 5.74) is 0.242. The lowest BCUT2D eigenvalue weighted by Gasteiger charge is -2.11. The van der Waals surface area contributed by atoms with Crippen LogP contribution < -0.4 is 9.44 Å². The van der Waals surface area contributed by atoms with Crippen LogP contribution in [0.15, 0.2) is 51.7 Å². The first kappa shape index (κ1) is 19.4. The van der Waals surface area contributed by atoms with Gasteiger partial charge in [-0.1, -0.05) is 6.42 Å². The molecule has 0 aliphatic carbocycles. The van der Waals surface area contributed by atoms with E-state index in [1.807, 2.05) is 0 Å². The number of nitrogens with zero attached hydrogens (tertiary/aromatic N) is 3. The Kier molecular flexibility index (Phi) is 5.51. The molecule has 0 saturated carbocycles. The Hall–Kier alpha value is -2.40. The van der Waals surface area contributed by atoms with E-state index >= 15 is 0 Å². The van der Waals surface area contributed by atoms with Gasteiger partial charge in [0, 0.05) is 31.9 Å². The van der Waals surface area contributed by atoms with Gasteiger partial charge in [0.2, 0.25) is 0 Å². The molecule has 146 valence electrons. The Labute approximate surface area is 158 Å². The molecule has 0 fully saturated rings. The van der Waals surface area contributed by atoms with Crippen LogP contribution in [0.4, 0.5) is 5.69 Å². The van der Waals surface area contributed by atoms with Crippen molar-refractivity contribution in [3.05, 3.63) is 36.8 Å². The van der Waals surface area contributed by atoms with Gasteiger partial charge in [-0.05, 0) is 37.1 Å². The fourth-order valence-electron chi connectivity index (χ4n) is 2.61. The summed E-state index contributed by atoms with van der Waals surface area (Å²) in [5, 5.41) is -0.116. The lowest BCUT2D eigenvalue weighted by Crippen LogP contribution is -2.30. The van der Waals surface area contributed by atoms with E-state index in [2.05, 4.69) is 19.4 Å². The molecule has 0 atom stereocenters. The standard InChI is InChI=1S/C16H21N5O4S2/c1-21-11-16(18-12-21)27(24,25)19-13-6-8-14(9-7-13)26(22,23)20-15-5-3-2-4-10-17-15/h6-9,11-12,19H,2-5,10H2,1H3,(H,17,20). The van der Waals surface area contributed by atoms with Gasteiger partial charge in [0.05, 0.1) is 11.2 Å². The maximum atomic E-state index is 12.5. The summed E-state index contributed by atoms with van der Waals surface area (Å²) in [6.45, 7) is 0.617. The molecular formula is C16H21N5O4S2. The van der Waals surface area contributed by atoms with Gasteiger partial charge in [0.1, 0.15) is 5.84 Å². The Morgan fingerprint density at radius 1 is 0.963 bits per heavy atom. The second-order valence-electron chi connectivity index (χ2n) is 6.25. The summed E-state index contributed by atoms with van der Waals surface area (Å²) in [6.07, 6.45) is 6.23. The molecule has 9 nitrogen and oxygen atoms in total. The molecule has 11 heteroatoms. The number of imidazole rings is 1. The zero-order chi connectivity index (χ0) is 19.5. The second-order valence-corrected chi connectivity index (χ2v) is 9.56. The molecule has 0 bridgehead atoms. The smallest absolute Gasteiger partial charge is 0.280 e. The number of aromatic nitrogens is 2. The van der Waals surface area contributed by atoms with Crippen molar-refractivity contribution in [3.8, 4) is 0 Å². The van der Waals surface area contributed by atoms with E-state index in [9.17, 15) is 16.8 Å². The summed E-state index contributed by atoms with van der Waals surface area (Å²) in [5.74, 6) is 0.465. The maximum absolute atomic E-state index is 12.5. The van der Waals surface area contributed by atoms with Gasteiger partial charge >= 0.3 is 0 Å². The van der Waals surface area contributed by atoms with Crippen LogP contribution in [0.2, 0.25) is 0 Å². The van der Waals surface area contributed by atoms with E-state index in [0.29, 0.717) is 18.8 Å². The van der Waals surface area contributed by atoms with Crippen molar-refractivity contribution in [3.63, 3.8) is 0 Å². The van der Waals surface area contributed by atoms with Crippen molar-refractivity contribution in [1.29, 1.82) is 0 Å². The molecule has 0 saturated heterocycles. The van der Waals surface area contributed by atoms with Crippen LogP contribution in [-0.2, 0) is 27.1 Å². The molecule has 0 amide bonds. The minimum absolute atomic E-state index is 0.0373. The minimum atomic E-state index is -3.83. The quantitative estimate of drug-likeness (QED) is 0.771. The minimum Gasteiger partial charge on any atom is -0.339 e. The Bertz CT molecular complexity index is 1040. The van der Waals surface area contributed by atoms with Crippen LogP contribution in [-0.4, -0.2) is 38.8 Å². The van der Waals surface area contributed by atoms with Gasteiger partial charge in [0.15, 0.2) is 5.03 Å². The Morgan fingerprint density at radius 2 is 1.70 bits per heavy atom. The van der Waals surface area contributed by atoms with Crippen molar-refractivity contribution in [2.45, 2.75) is 35.6 Å². The fraction of sp³-hybridized carbons (Fsp3) is 0.375. The molecule has 0 radical (unpaired) electrons. The lowest BCUT2D eigenvalue weighted by atomic mass is 10.2. The molecule has 0 unspecified atom stereocenters. The first-order chi connectivity index (χ1) is 12.8. The molecule has 1 aliphatic rings. The van der Waals surface area contributed by atoms with Crippen LogP contribution >= 0.6 is 0 Å². The average molecular weight is 412 g/mol. The summed E-state index contributed by atoms with van der Waals surface area (Å²) >= 11 is 0. The summed E-state index contributed by atoms with van der Waals surface area (Å²) in [7, 11) is -5.93. The summed E-state index contributed by atoms with van der Waals surface area (Å²) < 4.78 is 55.9.